The van der Waals surface area contributed by atoms with Crippen molar-refractivity contribution in [3.8, 4) is 0 Å². The van der Waals surface area contributed by atoms with Gasteiger partial charge in [-0.05, 0) is 25.7 Å². The second-order valence-corrected chi connectivity index (χ2v) is 5.28. The molecule has 136 valence electrons. The Morgan fingerprint density at radius 3 is 1.91 bits per heavy atom. The Kier molecular flexibility index (Phi) is 5.23. The third-order valence-corrected chi connectivity index (χ3v) is 3.77. The molecule has 2 nitrogen and oxygen atoms in total. The van der Waals surface area contributed by atoms with Crippen LogP contribution in [0.15, 0.2) is 0 Å². The molecule has 1 amide bonds. The van der Waals surface area contributed by atoms with Crippen molar-refractivity contribution in [3.05, 3.63) is 0 Å². The van der Waals surface area contributed by atoms with E-state index in [1.165, 1.54) is 6.92 Å². The molecule has 1 atom stereocenters. The maximum Gasteiger partial charge on any atom is 0.460 e. The second kappa shape index (κ2) is 6.04. The van der Waals surface area contributed by atoms with Gasteiger partial charge in [-0.2, -0.15) is 39.5 Å². The lowest BCUT2D eigenvalue weighted by Gasteiger charge is -2.40. The fourth-order valence-corrected chi connectivity index (χ4v) is 2.38. The number of piperidine rings is 1. The molecule has 1 saturated heterocycles. The van der Waals surface area contributed by atoms with Gasteiger partial charge in [-0.3, -0.25) is 4.79 Å². The number of alkyl halides is 9. The monoisotopic (exact) mass is 359 g/mol. The van der Waals surface area contributed by atoms with Crippen molar-refractivity contribution in [3.63, 3.8) is 0 Å². The van der Waals surface area contributed by atoms with E-state index in [0.29, 0.717) is 6.42 Å². The Morgan fingerprint density at radius 2 is 1.48 bits per heavy atom. The molecule has 0 aromatic heterocycles. The van der Waals surface area contributed by atoms with Crippen molar-refractivity contribution in [2.75, 3.05) is 6.54 Å². The van der Waals surface area contributed by atoms with E-state index in [1.807, 2.05) is 0 Å². The predicted octanol–water partition coefficient (Wildman–Crippen LogP) is 4.25. The van der Waals surface area contributed by atoms with E-state index in [-0.39, 0.29) is 24.2 Å². The van der Waals surface area contributed by atoms with Crippen molar-refractivity contribution >= 4 is 5.91 Å². The van der Waals surface area contributed by atoms with Crippen LogP contribution in [0.1, 0.15) is 32.6 Å². The smallest absolute Gasteiger partial charge is 0.334 e. The third-order valence-electron chi connectivity index (χ3n) is 3.77. The van der Waals surface area contributed by atoms with Crippen molar-refractivity contribution in [2.45, 2.75) is 62.6 Å². The standard InChI is InChI=1S/C12H14F9NO/c1-2-7-5-3-4-6-22(7)8(23)9(13,14)10(15,16)11(17,18)12(19,20)21/h7H,2-6H2,1H3. The van der Waals surface area contributed by atoms with E-state index in [9.17, 15) is 44.3 Å². The maximum atomic E-state index is 13.6. The van der Waals surface area contributed by atoms with Gasteiger partial charge in [-0.15, -0.1) is 0 Å². The summed E-state index contributed by atoms with van der Waals surface area (Å²) < 4.78 is 115. The molecule has 1 aliphatic rings. The Morgan fingerprint density at radius 1 is 0.957 bits per heavy atom. The minimum absolute atomic E-state index is 0.0864. The molecule has 0 bridgehead atoms. The first-order valence-corrected chi connectivity index (χ1v) is 6.73. The van der Waals surface area contributed by atoms with Crippen molar-refractivity contribution in [1.82, 2.24) is 4.90 Å². The Balaban J connectivity index is 3.20. The normalized spacial score (nSPS) is 21.5. The van der Waals surface area contributed by atoms with Gasteiger partial charge in [0.15, 0.2) is 0 Å². The molecule has 0 aromatic rings. The highest BCUT2D eigenvalue weighted by Gasteiger charge is 2.84. The minimum Gasteiger partial charge on any atom is -0.334 e. The van der Waals surface area contributed by atoms with Crippen LogP contribution in [0.25, 0.3) is 0 Å². The minimum atomic E-state index is -7.04. The fraction of sp³-hybridized carbons (Fsp3) is 0.917. The topological polar surface area (TPSA) is 20.3 Å². The predicted molar refractivity (Wildman–Crippen MR) is 60.5 cm³/mol. The summed E-state index contributed by atoms with van der Waals surface area (Å²) in [6.07, 6.45) is -5.99. The molecule has 1 rings (SSSR count). The van der Waals surface area contributed by atoms with E-state index in [2.05, 4.69) is 0 Å². The first-order chi connectivity index (χ1) is 10.2. The maximum absolute atomic E-state index is 13.6. The van der Waals surface area contributed by atoms with Gasteiger partial charge in [-0.1, -0.05) is 6.92 Å². The zero-order chi connectivity index (χ0) is 18.3. The van der Waals surface area contributed by atoms with E-state index < -0.39 is 42.4 Å². The van der Waals surface area contributed by atoms with Gasteiger partial charge in [0.05, 0.1) is 0 Å². The van der Waals surface area contributed by atoms with Crippen LogP contribution in [-0.4, -0.2) is 47.3 Å². The number of hydrogen-bond donors (Lipinski definition) is 0. The molecule has 0 aromatic carbocycles. The van der Waals surface area contributed by atoms with Crippen LogP contribution in [0.5, 0.6) is 0 Å². The van der Waals surface area contributed by atoms with Gasteiger partial charge < -0.3 is 4.90 Å². The number of nitrogens with zero attached hydrogens (tertiary/aromatic N) is 1. The van der Waals surface area contributed by atoms with Crippen molar-refractivity contribution in [2.24, 2.45) is 0 Å². The lowest BCUT2D eigenvalue weighted by molar-refractivity contribution is -0.389. The third kappa shape index (κ3) is 3.10. The van der Waals surface area contributed by atoms with Crippen molar-refractivity contribution in [1.29, 1.82) is 0 Å². The number of amides is 1. The van der Waals surface area contributed by atoms with Gasteiger partial charge in [-0.25, -0.2) is 0 Å². The van der Waals surface area contributed by atoms with E-state index in [0.717, 1.165) is 0 Å². The highest BCUT2D eigenvalue weighted by atomic mass is 19.4. The number of rotatable bonds is 4. The molecule has 1 fully saturated rings. The summed E-state index contributed by atoms with van der Waals surface area (Å²) in [5.74, 6) is -22.8. The highest BCUT2D eigenvalue weighted by Crippen LogP contribution is 2.53. The average molecular weight is 359 g/mol. The Labute approximate surface area is 125 Å². The molecule has 0 aliphatic carbocycles. The molecule has 1 heterocycles. The summed E-state index contributed by atoms with van der Waals surface area (Å²) in [6, 6.07) is -0.905. The van der Waals surface area contributed by atoms with Gasteiger partial charge >= 0.3 is 23.9 Å². The number of carbonyl (C=O) groups excluding carboxylic acids is 1. The molecule has 0 radical (unpaired) electrons. The molecular formula is C12H14F9NO. The number of halogens is 9. The van der Waals surface area contributed by atoms with Crippen LogP contribution >= 0.6 is 0 Å². The lowest BCUT2D eigenvalue weighted by Crippen LogP contribution is -2.66. The number of carbonyl (C=O) groups is 1. The average Bonchev–Trinajstić information content (AvgIpc) is 2.44. The number of likely N-dealkylation sites (tertiary alicyclic amines) is 1. The van der Waals surface area contributed by atoms with Crippen LogP contribution in [0.2, 0.25) is 0 Å². The molecule has 1 aliphatic heterocycles. The first-order valence-electron chi connectivity index (χ1n) is 6.73. The molecular weight excluding hydrogens is 345 g/mol. The van der Waals surface area contributed by atoms with Gasteiger partial charge in [0.25, 0.3) is 5.91 Å². The highest BCUT2D eigenvalue weighted by molar-refractivity contribution is 5.85. The first kappa shape index (κ1) is 19.9. The van der Waals surface area contributed by atoms with Crippen LogP contribution in [0.3, 0.4) is 0 Å². The summed E-state index contributed by atoms with van der Waals surface area (Å²) in [5, 5.41) is 0. The number of hydrogen-bond acceptors (Lipinski definition) is 1. The largest absolute Gasteiger partial charge is 0.460 e. The van der Waals surface area contributed by atoms with E-state index >= 15 is 0 Å². The van der Waals surface area contributed by atoms with Crippen LogP contribution in [0.4, 0.5) is 39.5 Å². The van der Waals surface area contributed by atoms with Crippen LogP contribution < -0.4 is 0 Å². The van der Waals surface area contributed by atoms with Crippen LogP contribution in [-0.2, 0) is 4.79 Å². The van der Waals surface area contributed by atoms with Gasteiger partial charge in [0.1, 0.15) is 0 Å². The summed E-state index contributed by atoms with van der Waals surface area (Å²) in [4.78, 5) is 11.9. The molecule has 0 N–H and O–H groups in total. The second-order valence-electron chi connectivity index (χ2n) is 5.28. The lowest BCUT2D eigenvalue weighted by atomic mass is 9.96. The van der Waals surface area contributed by atoms with Crippen LogP contribution in [0, 0.1) is 0 Å². The summed E-state index contributed by atoms with van der Waals surface area (Å²) in [5.41, 5.74) is 0. The molecule has 23 heavy (non-hydrogen) atoms. The zero-order valence-electron chi connectivity index (χ0n) is 11.9. The van der Waals surface area contributed by atoms with Gasteiger partial charge in [0, 0.05) is 12.6 Å². The molecule has 0 spiro atoms. The summed E-state index contributed by atoms with van der Waals surface area (Å²) in [7, 11) is 0. The molecule has 0 saturated carbocycles. The van der Waals surface area contributed by atoms with Gasteiger partial charge in [0.2, 0.25) is 0 Å². The van der Waals surface area contributed by atoms with Crippen molar-refractivity contribution < 1.29 is 44.3 Å². The quantitative estimate of drug-likeness (QED) is 0.688. The summed E-state index contributed by atoms with van der Waals surface area (Å²) in [6.45, 7) is 1.05. The SMILES string of the molecule is CCC1CCCCN1C(=O)C(F)(F)C(F)(F)C(F)(F)C(F)(F)F. The van der Waals surface area contributed by atoms with E-state index in [1.54, 1.807) is 0 Å². The zero-order valence-corrected chi connectivity index (χ0v) is 11.9. The fourth-order valence-electron chi connectivity index (χ4n) is 2.38. The Hall–Kier alpha value is -1.16. The Bertz CT molecular complexity index is 446. The van der Waals surface area contributed by atoms with E-state index in [4.69, 9.17) is 0 Å². The molecule has 1 unspecified atom stereocenters. The molecule has 11 heteroatoms. The summed E-state index contributed by atoms with van der Waals surface area (Å²) >= 11 is 0.